The van der Waals surface area contributed by atoms with Gasteiger partial charge in [-0.25, -0.2) is 0 Å². The number of rotatable bonds is 4. The number of hydrogen-bond acceptors (Lipinski definition) is 2. The number of nitrogens with one attached hydrogen (secondary N) is 1. The zero-order valence-corrected chi connectivity index (χ0v) is 13.5. The maximum Gasteiger partial charge on any atom is 0.0105 e. The van der Waals surface area contributed by atoms with Gasteiger partial charge < -0.3 is 10.2 Å². The molecular formula is C17H34N2. The fraction of sp³-hybridized carbons (Fsp3) is 1.00. The van der Waals surface area contributed by atoms with Crippen LogP contribution in [0.5, 0.6) is 0 Å². The smallest absolute Gasteiger partial charge is 0.0105 e. The minimum Gasteiger partial charge on any atom is -0.314 e. The molecule has 1 saturated heterocycles. The second-order valence-corrected chi connectivity index (χ2v) is 7.93. The molecule has 1 N–H and O–H groups in total. The summed E-state index contributed by atoms with van der Waals surface area (Å²) in [6.07, 6.45) is 9.78. The van der Waals surface area contributed by atoms with Crippen LogP contribution in [0.3, 0.4) is 0 Å². The van der Waals surface area contributed by atoms with E-state index in [1.165, 1.54) is 58.0 Å². The molecule has 2 heteroatoms. The van der Waals surface area contributed by atoms with Crippen molar-refractivity contribution in [2.24, 2.45) is 11.3 Å². The van der Waals surface area contributed by atoms with Crippen LogP contribution < -0.4 is 5.32 Å². The van der Waals surface area contributed by atoms with Crippen LogP contribution >= 0.6 is 0 Å². The minimum atomic E-state index is 0.511. The Bertz CT molecular complexity index is 261. The highest BCUT2D eigenvalue weighted by Gasteiger charge is 2.29. The van der Waals surface area contributed by atoms with Crippen LogP contribution in [0.4, 0.5) is 0 Å². The minimum absolute atomic E-state index is 0.511. The average molecular weight is 266 g/mol. The molecule has 0 aromatic rings. The van der Waals surface area contributed by atoms with Crippen LogP contribution in [0.15, 0.2) is 0 Å². The Labute approximate surface area is 120 Å². The van der Waals surface area contributed by atoms with E-state index in [0.29, 0.717) is 5.41 Å². The summed E-state index contributed by atoms with van der Waals surface area (Å²) in [6, 6.07) is 1.64. The second kappa shape index (κ2) is 6.58. The monoisotopic (exact) mass is 266 g/mol. The van der Waals surface area contributed by atoms with Crippen molar-refractivity contribution < 1.29 is 0 Å². The maximum atomic E-state index is 3.81. The predicted octanol–water partition coefficient (Wildman–Crippen LogP) is 3.67. The lowest BCUT2D eigenvalue weighted by molar-refractivity contribution is 0.159. The topological polar surface area (TPSA) is 15.3 Å². The van der Waals surface area contributed by atoms with Crippen molar-refractivity contribution in [1.82, 2.24) is 10.2 Å². The zero-order valence-electron chi connectivity index (χ0n) is 13.5. The van der Waals surface area contributed by atoms with Gasteiger partial charge in [0.2, 0.25) is 0 Å². The molecule has 0 bridgehead atoms. The Balaban J connectivity index is 1.61. The van der Waals surface area contributed by atoms with Crippen LogP contribution in [0, 0.1) is 11.3 Å². The van der Waals surface area contributed by atoms with Crippen LogP contribution in [0.25, 0.3) is 0 Å². The highest BCUT2D eigenvalue weighted by molar-refractivity contribution is 4.84. The third-order valence-electron chi connectivity index (χ3n) is 5.53. The van der Waals surface area contributed by atoms with E-state index < -0.39 is 0 Å². The first kappa shape index (κ1) is 15.3. The molecule has 2 aliphatic rings. The lowest BCUT2D eigenvalue weighted by Gasteiger charge is -2.37. The highest BCUT2D eigenvalue weighted by Crippen LogP contribution is 2.37. The van der Waals surface area contributed by atoms with Crippen LogP contribution in [0.1, 0.15) is 65.7 Å². The summed E-state index contributed by atoms with van der Waals surface area (Å²) < 4.78 is 0. The Morgan fingerprint density at radius 2 is 1.74 bits per heavy atom. The summed E-state index contributed by atoms with van der Waals surface area (Å²) in [5, 5.41) is 3.81. The van der Waals surface area contributed by atoms with Gasteiger partial charge in [-0.3, -0.25) is 0 Å². The van der Waals surface area contributed by atoms with Gasteiger partial charge in [0.1, 0.15) is 0 Å². The Morgan fingerprint density at radius 1 is 1.05 bits per heavy atom. The molecule has 1 saturated carbocycles. The summed E-state index contributed by atoms with van der Waals surface area (Å²) >= 11 is 0. The van der Waals surface area contributed by atoms with E-state index in [2.05, 4.69) is 38.0 Å². The quantitative estimate of drug-likeness (QED) is 0.835. The normalized spacial score (nSPS) is 33.8. The summed E-state index contributed by atoms with van der Waals surface area (Å²) in [7, 11) is 2.28. The molecule has 0 radical (unpaired) electrons. The fourth-order valence-corrected chi connectivity index (χ4v) is 3.96. The van der Waals surface area contributed by atoms with E-state index in [1.807, 2.05) is 0 Å². The maximum absolute atomic E-state index is 3.81. The molecule has 2 fully saturated rings. The first-order valence-electron chi connectivity index (χ1n) is 8.40. The van der Waals surface area contributed by atoms with Gasteiger partial charge in [0.05, 0.1) is 0 Å². The van der Waals surface area contributed by atoms with Crippen LogP contribution in [-0.2, 0) is 0 Å². The number of nitrogens with zero attached hydrogens (tertiary/aromatic N) is 1. The number of hydrogen-bond donors (Lipinski definition) is 1. The average Bonchev–Trinajstić information content (AvgIpc) is 2.75. The van der Waals surface area contributed by atoms with Gasteiger partial charge in [-0.15, -0.1) is 0 Å². The van der Waals surface area contributed by atoms with E-state index >= 15 is 0 Å². The summed E-state index contributed by atoms with van der Waals surface area (Å²) in [5.74, 6) is 0.937. The molecule has 0 spiro atoms. The van der Waals surface area contributed by atoms with E-state index in [4.69, 9.17) is 0 Å². The lowest BCUT2D eigenvalue weighted by Crippen LogP contribution is -2.38. The second-order valence-electron chi connectivity index (χ2n) is 7.93. The van der Waals surface area contributed by atoms with Crippen molar-refractivity contribution in [2.75, 3.05) is 20.1 Å². The molecule has 19 heavy (non-hydrogen) atoms. The van der Waals surface area contributed by atoms with Gasteiger partial charge in [0, 0.05) is 12.1 Å². The molecule has 1 aliphatic carbocycles. The molecule has 2 nitrogen and oxygen atoms in total. The van der Waals surface area contributed by atoms with Crippen molar-refractivity contribution in [2.45, 2.75) is 77.8 Å². The lowest BCUT2D eigenvalue weighted by atomic mass is 9.71. The van der Waals surface area contributed by atoms with Gasteiger partial charge in [0.25, 0.3) is 0 Å². The van der Waals surface area contributed by atoms with E-state index in [1.54, 1.807) is 0 Å². The van der Waals surface area contributed by atoms with Gasteiger partial charge in [-0.05, 0) is 76.4 Å². The zero-order chi connectivity index (χ0) is 13.9. The van der Waals surface area contributed by atoms with E-state index in [9.17, 15) is 0 Å². The van der Waals surface area contributed by atoms with Crippen molar-refractivity contribution in [1.29, 1.82) is 0 Å². The molecule has 112 valence electrons. The largest absolute Gasteiger partial charge is 0.314 e. The first-order valence-corrected chi connectivity index (χ1v) is 8.40. The number of likely N-dealkylation sites (tertiary alicyclic amines) is 1. The summed E-state index contributed by atoms with van der Waals surface area (Å²) in [5.41, 5.74) is 0.511. The fourth-order valence-electron chi connectivity index (χ4n) is 3.96. The van der Waals surface area contributed by atoms with Crippen molar-refractivity contribution >= 4 is 0 Å². The van der Waals surface area contributed by atoms with Gasteiger partial charge >= 0.3 is 0 Å². The van der Waals surface area contributed by atoms with Crippen LogP contribution in [0.2, 0.25) is 0 Å². The van der Waals surface area contributed by atoms with E-state index in [-0.39, 0.29) is 0 Å². The first-order chi connectivity index (χ1) is 8.97. The third-order valence-corrected chi connectivity index (χ3v) is 5.53. The SMILES string of the molecule is CN1CCC[C@@H]1CCNC1CCC(C(C)(C)C)CC1. The molecular weight excluding hydrogens is 232 g/mol. The summed E-state index contributed by atoms with van der Waals surface area (Å²) in [6.45, 7) is 9.74. The van der Waals surface area contributed by atoms with Gasteiger partial charge in [-0.2, -0.15) is 0 Å². The third kappa shape index (κ3) is 4.46. The summed E-state index contributed by atoms with van der Waals surface area (Å²) in [4.78, 5) is 2.54. The van der Waals surface area contributed by atoms with Crippen molar-refractivity contribution in [3.8, 4) is 0 Å². The van der Waals surface area contributed by atoms with Gasteiger partial charge in [0.15, 0.2) is 0 Å². The molecule has 2 rings (SSSR count). The van der Waals surface area contributed by atoms with Gasteiger partial charge in [-0.1, -0.05) is 20.8 Å². The molecule has 1 aliphatic heterocycles. The Kier molecular flexibility index (Phi) is 5.30. The molecule has 0 aromatic heterocycles. The van der Waals surface area contributed by atoms with E-state index in [0.717, 1.165) is 18.0 Å². The molecule has 1 atom stereocenters. The standard InChI is InChI=1S/C17H34N2/c1-17(2,3)14-7-9-15(10-8-14)18-12-11-16-6-5-13-19(16)4/h14-16,18H,5-13H2,1-4H3/t14?,15?,16-/m1/s1. The van der Waals surface area contributed by atoms with Crippen molar-refractivity contribution in [3.63, 3.8) is 0 Å². The molecule has 0 amide bonds. The molecule has 1 heterocycles. The van der Waals surface area contributed by atoms with Crippen LogP contribution in [-0.4, -0.2) is 37.1 Å². The Hall–Kier alpha value is -0.0800. The Morgan fingerprint density at radius 3 is 2.26 bits per heavy atom. The van der Waals surface area contributed by atoms with Crippen molar-refractivity contribution in [3.05, 3.63) is 0 Å². The molecule has 0 unspecified atom stereocenters. The highest BCUT2D eigenvalue weighted by atomic mass is 15.1. The molecule has 0 aromatic carbocycles. The predicted molar refractivity (Wildman–Crippen MR) is 83.5 cm³/mol.